The maximum absolute atomic E-state index is 12.6. The molecular formula is C28H27N3O5. The van der Waals surface area contributed by atoms with Crippen molar-refractivity contribution in [2.45, 2.75) is 26.9 Å². The molecule has 2 N–H and O–H groups in total. The SMILES string of the molecule is COc1ccccc1NC(=O)c1ccc(NC(=O)Cc2ccc(OCc3c(C)noc3C)cc2)cc1. The van der Waals surface area contributed by atoms with Crippen LogP contribution in [-0.4, -0.2) is 24.1 Å². The van der Waals surface area contributed by atoms with Crippen LogP contribution in [0.4, 0.5) is 11.4 Å². The highest BCUT2D eigenvalue weighted by Crippen LogP contribution is 2.24. The standard InChI is InChI=1S/C28H27N3O5/c1-18-24(19(2)36-31-18)17-35-23-14-8-20(9-15-23)16-27(32)29-22-12-10-21(11-13-22)28(33)30-25-6-4-5-7-26(25)34-3/h4-15H,16-17H2,1-3H3,(H,29,32)(H,30,33). The monoisotopic (exact) mass is 485 g/mol. The smallest absolute Gasteiger partial charge is 0.255 e. The number of rotatable bonds is 9. The Kier molecular flexibility index (Phi) is 7.65. The fraction of sp³-hybridized carbons (Fsp3) is 0.179. The second kappa shape index (κ2) is 11.2. The van der Waals surface area contributed by atoms with Crippen LogP contribution < -0.4 is 20.1 Å². The Morgan fingerprint density at radius 1 is 0.917 bits per heavy atom. The van der Waals surface area contributed by atoms with Gasteiger partial charge in [-0.1, -0.05) is 29.4 Å². The summed E-state index contributed by atoms with van der Waals surface area (Å²) >= 11 is 0. The van der Waals surface area contributed by atoms with Crippen molar-refractivity contribution in [3.05, 3.63) is 101 Å². The number of amides is 2. The average molecular weight is 486 g/mol. The molecule has 3 aromatic carbocycles. The molecule has 0 spiro atoms. The van der Waals surface area contributed by atoms with E-state index in [1.54, 1.807) is 43.5 Å². The zero-order chi connectivity index (χ0) is 25.5. The Morgan fingerprint density at radius 3 is 2.31 bits per heavy atom. The lowest BCUT2D eigenvalue weighted by atomic mass is 10.1. The van der Waals surface area contributed by atoms with Crippen LogP contribution in [0.2, 0.25) is 0 Å². The molecule has 184 valence electrons. The lowest BCUT2D eigenvalue weighted by Gasteiger charge is -2.10. The van der Waals surface area contributed by atoms with Crippen LogP contribution in [0.1, 0.15) is 32.9 Å². The van der Waals surface area contributed by atoms with Crippen LogP contribution in [0.3, 0.4) is 0 Å². The first-order valence-electron chi connectivity index (χ1n) is 11.4. The molecule has 4 rings (SSSR count). The van der Waals surface area contributed by atoms with Crippen molar-refractivity contribution in [3.63, 3.8) is 0 Å². The molecule has 0 saturated heterocycles. The van der Waals surface area contributed by atoms with E-state index in [9.17, 15) is 9.59 Å². The van der Waals surface area contributed by atoms with Crippen LogP contribution in [0.15, 0.2) is 77.3 Å². The summed E-state index contributed by atoms with van der Waals surface area (Å²) in [7, 11) is 1.55. The van der Waals surface area contributed by atoms with E-state index >= 15 is 0 Å². The minimum absolute atomic E-state index is 0.161. The Hall–Kier alpha value is -4.59. The largest absolute Gasteiger partial charge is 0.495 e. The first-order valence-corrected chi connectivity index (χ1v) is 11.4. The van der Waals surface area contributed by atoms with Gasteiger partial charge in [-0.05, 0) is 67.9 Å². The fourth-order valence-corrected chi connectivity index (χ4v) is 3.60. The summed E-state index contributed by atoms with van der Waals surface area (Å²) < 4.78 is 16.2. The third-order valence-electron chi connectivity index (χ3n) is 5.64. The van der Waals surface area contributed by atoms with Gasteiger partial charge in [0.1, 0.15) is 23.9 Å². The van der Waals surface area contributed by atoms with Crippen LogP contribution in [0.5, 0.6) is 11.5 Å². The number of nitrogens with zero attached hydrogens (tertiary/aromatic N) is 1. The van der Waals surface area contributed by atoms with Crippen molar-refractivity contribution in [1.29, 1.82) is 0 Å². The summed E-state index contributed by atoms with van der Waals surface area (Å²) in [4.78, 5) is 25.1. The van der Waals surface area contributed by atoms with Crippen LogP contribution in [0.25, 0.3) is 0 Å². The molecule has 8 nitrogen and oxygen atoms in total. The lowest BCUT2D eigenvalue weighted by Crippen LogP contribution is -2.15. The Labute approximate surface area is 209 Å². The Bertz CT molecular complexity index is 1330. The zero-order valence-electron chi connectivity index (χ0n) is 20.3. The van der Waals surface area contributed by atoms with Crippen LogP contribution in [0, 0.1) is 13.8 Å². The van der Waals surface area contributed by atoms with Crippen LogP contribution >= 0.6 is 0 Å². The maximum atomic E-state index is 12.6. The molecule has 0 aliphatic rings. The molecule has 4 aromatic rings. The summed E-state index contributed by atoms with van der Waals surface area (Å²) in [5, 5.41) is 9.61. The Morgan fingerprint density at radius 2 is 1.64 bits per heavy atom. The van der Waals surface area contributed by atoms with E-state index in [0.717, 1.165) is 22.6 Å². The molecular weight excluding hydrogens is 458 g/mol. The van der Waals surface area contributed by atoms with E-state index in [1.807, 2.05) is 50.2 Å². The van der Waals surface area contributed by atoms with Crippen molar-refractivity contribution in [3.8, 4) is 11.5 Å². The lowest BCUT2D eigenvalue weighted by molar-refractivity contribution is -0.115. The number of aryl methyl sites for hydroxylation is 2. The van der Waals surface area contributed by atoms with Gasteiger partial charge in [0.25, 0.3) is 5.91 Å². The van der Waals surface area contributed by atoms with Gasteiger partial charge in [0.15, 0.2) is 0 Å². The quantitative estimate of drug-likeness (QED) is 0.333. The number of anilines is 2. The van der Waals surface area contributed by atoms with Crippen molar-refractivity contribution in [1.82, 2.24) is 5.16 Å². The van der Waals surface area contributed by atoms with Gasteiger partial charge in [-0.3, -0.25) is 9.59 Å². The Balaban J connectivity index is 1.28. The highest BCUT2D eigenvalue weighted by Gasteiger charge is 2.12. The highest BCUT2D eigenvalue weighted by atomic mass is 16.5. The number of aromatic nitrogens is 1. The molecule has 0 bridgehead atoms. The summed E-state index contributed by atoms with van der Waals surface area (Å²) in [6.07, 6.45) is 0.209. The number of ether oxygens (including phenoxy) is 2. The molecule has 1 heterocycles. The van der Waals surface area contributed by atoms with Gasteiger partial charge in [-0.25, -0.2) is 0 Å². The summed E-state index contributed by atoms with van der Waals surface area (Å²) in [5.74, 6) is 1.58. The molecule has 2 amide bonds. The van der Waals surface area contributed by atoms with E-state index in [4.69, 9.17) is 14.0 Å². The molecule has 1 aromatic heterocycles. The molecule has 8 heteroatoms. The van der Waals surface area contributed by atoms with E-state index in [0.29, 0.717) is 35.0 Å². The normalized spacial score (nSPS) is 10.5. The first kappa shape index (κ1) is 24.5. The van der Waals surface area contributed by atoms with Gasteiger partial charge >= 0.3 is 0 Å². The minimum Gasteiger partial charge on any atom is -0.495 e. The fourth-order valence-electron chi connectivity index (χ4n) is 3.60. The van der Waals surface area contributed by atoms with Crippen molar-refractivity contribution >= 4 is 23.2 Å². The first-order chi connectivity index (χ1) is 17.4. The number of carbonyl (C=O) groups excluding carboxylic acids is 2. The van der Waals surface area contributed by atoms with Crippen molar-refractivity contribution < 1.29 is 23.6 Å². The number of methoxy groups -OCH3 is 1. The third kappa shape index (κ3) is 6.09. The second-order valence-electron chi connectivity index (χ2n) is 8.19. The van der Waals surface area contributed by atoms with Crippen molar-refractivity contribution in [2.75, 3.05) is 17.7 Å². The number of hydrogen-bond acceptors (Lipinski definition) is 6. The molecule has 36 heavy (non-hydrogen) atoms. The average Bonchev–Trinajstić information content (AvgIpc) is 3.21. The number of para-hydroxylation sites is 2. The molecule has 0 atom stereocenters. The molecule has 0 aliphatic heterocycles. The van der Waals surface area contributed by atoms with Gasteiger partial charge in [0.2, 0.25) is 5.91 Å². The van der Waals surface area contributed by atoms with E-state index < -0.39 is 0 Å². The maximum Gasteiger partial charge on any atom is 0.255 e. The van der Waals surface area contributed by atoms with E-state index in [2.05, 4.69) is 15.8 Å². The number of carbonyl (C=O) groups is 2. The molecule has 0 aliphatic carbocycles. The number of hydrogen-bond donors (Lipinski definition) is 2. The molecule has 0 saturated carbocycles. The topological polar surface area (TPSA) is 103 Å². The molecule has 0 unspecified atom stereocenters. The van der Waals surface area contributed by atoms with Gasteiger partial charge in [-0.2, -0.15) is 0 Å². The summed E-state index contributed by atoms with van der Waals surface area (Å²) in [6.45, 7) is 4.10. The third-order valence-corrected chi connectivity index (χ3v) is 5.64. The summed E-state index contributed by atoms with van der Waals surface area (Å²) in [5.41, 5.74) is 4.25. The predicted molar refractivity (Wildman–Crippen MR) is 136 cm³/mol. The molecule has 0 fully saturated rings. The minimum atomic E-state index is -0.269. The predicted octanol–water partition coefficient (Wildman–Crippen LogP) is 5.31. The highest BCUT2D eigenvalue weighted by molar-refractivity contribution is 6.05. The summed E-state index contributed by atoms with van der Waals surface area (Å²) in [6, 6.07) is 21.3. The number of benzene rings is 3. The van der Waals surface area contributed by atoms with E-state index in [-0.39, 0.29) is 18.2 Å². The van der Waals surface area contributed by atoms with E-state index in [1.165, 1.54) is 0 Å². The van der Waals surface area contributed by atoms with Crippen LogP contribution in [-0.2, 0) is 17.8 Å². The van der Waals surface area contributed by atoms with Gasteiger partial charge in [0.05, 0.1) is 30.5 Å². The van der Waals surface area contributed by atoms with Crippen molar-refractivity contribution in [2.24, 2.45) is 0 Å². The molecule has 0 radical (unpaired) electrons. The van der Waals surface area contributed by atoms with Gasteiger partial charge < -0.3 is 24.6 Å². The van der Waals surface area contributed by atoms with Gasteiger partial charge in [-0.15, -0.1) is 0 Å². The number of nitrogens with one attached hydrogen (secondary N) is 2. The zero-order valence-corrected chi connectivity index (χ0v) is 20.3. The second-order valence-corrected chi connectivity index (χ2v) is 8.19. The van der Waals surface area contributed by atoms with Gasteiger partial charge in [0, 0.05) is 11.3 Å².